The van der Waals surface area contributed by atoms with E-state index in [9.17, 15) is 4.79 Å². The van der Waals surface area contributed by atoms with E-state index in [1.54, 1.807) is 0 Å². The summed E-state index contributed by atoms with van der Waals surface area (Å²) in [6.45, 7) is 2.82. The van der Waals surface area contributed by atoms with Gasteiger partial charge < -0.3 is 4.90 Å². The third-order valence-electron chi connectivity index (χ3n) is 4.07. The number of thioether (sulfide) groups is 1. The summed E-state index contributed by atoms with van der Waals surface area (Å²) >= 11 is 2.00. The second-order valence-corrected chi connectivity index (χ2v) is 6.61. The number of pyridine rings is 1. The standard InChI is InChI=1S/C14H15N3OS/c1-9-13(16-5-3-2-4-12(16)15-9)14(18)17-7-11-6-10(17)8-19-11/h2-5,10-11H,6-8H2,1H3. The van der Waals surface area contributed by atoms with Gasteiger partial charge in [0.2, 0.25) is 0 Å². The number of aryl methyl sites for hydroxylation is 1. The number of likely N-dealkylation sites (tertiary alicyclic amines) is 1. The number of hydrogen-bond donors (Lipinski definition) is 0. The zero-order valence-corrected chi connectivity index (χ0v) is 11.6. The van der Waals surface area contributed by atoms with Crippen molar-refractivity contribution in [1.82, 2.24) is 14.3 Å². The minimum Gasteiger partial charge on any atom is -0.332 e. The van der Waals surface area contributed by atoms with Crippen molar-refractivity contribution in [3.05, 3.63) is 35.8 Å². The van der Waals surface area contributed by atoms with E-state index >= 15 is 0 Å². The maximum atomic E-state index is 12.8. The largest absolute Gasteiger partial charge is 0.332 e. The van der Waals surface area contributed by atoms with Crippen LogP contribution in [0.4, 0.5) is 0 Å². The SMILES string of the molecule is Cc1nc2ccccn2c1C(=O)N1CC2CC1CS2. The maximum Gasteiger partial charge on any atom is 0.273 e. The quantitative estimate of drug-likeness (QED) is 0.797. The van der Waals surface area contributed by atoms with Crippen molar-refractivity contribution < 1.29 is 4.79 Å². The number of rotatable bonds is 1. The highest BCUT2D eigenvalue weighted by atomic mass is 32.2. The molecule has 2 aliphatic rings. The van der Waals surface area contributed by atoms with Crippen LogP contribution in [0.3, 0.4) is 0 Å². The minimum atomic E-state index is 0.143. The lowest BCUT2D eigenvalue weighted by Crippen LogP contribution is -2.40. The molecule has 4 nitrogen and oxygen atoms in total. The first-order valence-electron chi connectivity index (χ1n) is 6.60. The predicted molar refractivity (Wildman–Crippen MR) is 75.6 cm³/mol. The molecule has 0 aliphatic carbocycles. The summed E-state index contributed by atoms with van der Waals surface area (Å²) in [6.07, 6.45) is 3.08. The first-order chi connectivity index (χ1) is 9.24. The Hall–Kier alpha value is -1.49. The summed E-state index contributed by atoms with van der Waals surface area (Å²) in [4.78, 5) is 19.3. The molecule has 2 aromatic heterocycles. The van der Waals surface area contributed by atoms with Crippen molar-refractivity contribution in [2.75, 3.05) is 12.3 Å². The van der Waals surface area contributed by atoms with Crippen molar-refractivity contribution >= 4 is 23.3 Å². The Morgan fingerprint density at radius 2 is 2.37 bits per heavy atom. The smallest absolute Gasteiger partial charge is 0.273 e. The van der Waals surface area contributed by atoms with Gasteiger partial charge in [0.05, 0.1) is 5.69 Å². The average molecular weight is 273 g/mol. The molecule has 0 spiro atoms. The number of carbonyl (C=O) groups is 1. The fraction of sp³-hybridized carbons (Fsp3) is 0.429. The minimum absolute atomic E-state index is 0.143. The van der Waals surface area contributed by atoms with Crippen LogP contribution in [0.1, 0.15) is 22.6 Å². The average Bonchev–Trinajstić information content (AvgIpc) is 3.10. The van der Waals surface area contributed by atoms with E-state index < -0.39 is 0 Å². The van der Waals surface area contributed by atoms with Crippen LogP contribution in [-0.4, -0.2) is 43.8 Å². The molecular weight excluding hydrogens is 258 g/mol. The van der Waals surface area contributed by atoms with Crippen LogP contribution in [0, 0.1) is 6.92 Å². The van der Waals surface area contributed by atoms with Gasteiger partial charge in [-0.05, 0) is 25.5 Å². The first kappa shape index (κ1) is 11.3. The topological polar surface area (TPSA) is 37.6 Å². The van der Waals surface area contributed by atoms with E-state index in [1.807, 2.05) is 52.4 Å². The first-order valence-corrected chi connectivity index (χ1v) is 7.65. The zero-order valence-electron chi connectivity index (χ0n) is 10.7. The molecule has 0 saturated carbocycles. The monoisotopic (exact) mass is 273 g/mol. The molecule has 0 N–H and O–H groups in total. The van der Waals surface area contributed by atoms with Crippen molar-refractivity contribution in [3.63, 3.8) is 0 Å². The van der Waals surface area contributed by atoms with E-state index in [-0.39, 0.29) is 5.91 Å². The number of amides is 1. The molecule has 5 heteroatoms. The molecule has 0 radical (unpaired) electrons. The molecule has 0 aromatic carbocycles. The van der Waals surface area contributed by atoms with Crippen LogP contribution in [-0.2, 0) is 0 Å². The molecule has 2 unspecified atom stereocenters. The number of fused-ring (bicyclic) bond motifs is 3. The van der Waals surface area contributed by atoms with Gasteiger partial charge in [-0.3, -0.25) is 9.20 Å². The molecule has 2 bridgehead atoms. The molecule has 2 saturated heterocycles. The molecule has 4 heterocycles. The molecule has 2 atom stereocenters. The van der Waals surface area contributed by atoms with Gasteiger partial charge in [-0.1, -0.05) is 6.07 Å². The van der Waals surface area contributed by atoms with Gasteiger partial charge in [-0.25, -0.2) is 4.98 Å². The molecule has 1 amide bonds. The highest BCUT2D eigenvalue weighted by molar-refractivity contribution is 8.00. The van der Waals surface area contributed by atoms with Gasteiger partial charge in [0.25, 0.3) is 5.91 Å². The highest BCUT2D eigenvalue weighted by Gasteiger charge is 2.42. The van der Waals surface area contributed by atoms with Gasteiger partial charge in [0.1, 0.15) is 11.3 Å². The number of aromatic nitrogens is 2. The highest BCUT2D eigenvalue weighted by Crippen LogP contribution is 2.38. The number of nitrogens with zero attached hydrogens (tertiary/aromatic N) is 3. The van der Waals surface area contributed by atoms with Crippen LogP contribution in [0.2, 0.25) is 0 Å². The van der Waals surface area contributed by atoms with Crippen LogP contribution in [0.5, 0.6) is 0 Å². The zero-order chi connectivity index (χ0) is 13.0. The van der Waals surface area contributed by atoms with E-state index in [4.69, 9.17) is 0 Å². The van der Waals surface area contributed by atoms with E-state index in [2.05, 4.69) is 4.98 Å². The van der Waals surface area contributed by atoms with E-state index in [0.717, 1.165) is 35.8 Å². The van der Waals surface area contributed by atoms with Gasteiger partial charge >= 0.3 is 0 Å². The lowest BCUT2D eigenvalue weighted by molar-refractivity contribution is 0.0740. The van der Waals surface area contributed by atoms with Crippen LogP contribution >= 0.6 is 11.8 Å². The number of imidazole rings is 1. The van der Waals surface area contributed by atoms with Gasteiger partial charge in [0.15, 0.2) is 0 Å². The Balaban J connectivity index is 1.78. The van der Waals surface area contributed by atoms with Gasteiger partial charge in [-0.2, -0.15) is 11.8 Å². The Kier molecular flexibility index (Phi) is 2.39. The molecule has 2 fully saturated rings. The van der Waals surface area contributed by atoms with Crippen molar-refractivity contribution in [2.24, 2.45) is 0 Å². The Morgan fingerprint density at radius 3 is 3.11 bits per heavy atom. The summed E-state index contributed by atoms with van der Waals surface area (Å²) in [5.74, 6) is 1.23. The summed E-state index contributed by atoms with van der Waals surface area (Å²) in [6, 6.07) is 6.26. The van der Waals surface area contributed by atoms with Crippen LogP contribution < -0.4 is 0 Å². The molecule has 98 valence electrons. The lowest BCUT2D eigenvalue weighted by atomic mass is 10.2. The molecular formula is C14H15N3OS. The van der Waals surface area contributed by atoms with E-state index in [0.29, 0.717) is 11.3 Å². The van der Waals surface area contributed by atoms with E-state index in [1.165, 1.54) is 0 Å². The van der Waals surface area contributed by atoms with Crippen molar-refractivity contribution in [3.8, 4) is 0 Å². The lowest BCUT2D eigenvalue weighted by Gasteiger charge is -2.26. The molecule has 4 rings (SSSR count). The third kappa shape index (κ3) is 1.61. The normalized spacial score (nSPS) is 25.4. The fourth-order valence-corrected chi connectivity index (χ4v) is 4.59. The van der Waals surface area contributed by atoms with Gasteiger partial charge in [0, 0.05) is 29.8 Å². The Labute approximate surface area is 115 Å². The van der Waals surface area contributed by atoms with Crippen LogP contribution in [0.15, 0.2) is 24.4 Å². The second-order valence-electron chi connectivity index (χ2n) is 5.28. The number of hydrogen-bond acceptors (Lipinski definition) is 3. The maximum absolute atomic E-state index is 12.8. The summed E-state index contributed by atoms with van der Waals surface area (Å²) in [5, 5.41) is 0.647. The second kappa shape index (κ2) is 4.00. The summed E-state index contributed by atoms with van der Waals surface area (Å²) in [5.41, 5.74) is 2.40. The summed E-state index contributed by atoms with van der Waals surface area (Å²) in [7, 11) is 0. The molecule has 2 aromatic rings. The van der Waals surface area contributed by atoms with Gasteiger partial charge in [-0.15, -0.1) is 0 Å². The fourth-order valence-electron chi connectivity index (χ4n) is 3.16. The van der Waals surface area contributed by atoms with Crippen molar-refractivity contribution in [2.45, 2.75) is 24.6 Å². The molecule has 2 aliphatic heterocycles. The third-order valence-corrected chi connectivity index (χ3v) is 5.46. The predicted octanol–water partition coefficient (Wildman–Crippen LogP) is 1.97. The molecule has 19 heavy (non-hydrogen) atoms. The Morgan fingerprint density at radius 1 is 1.47 bits per heavy atom. The number of carbonyl (C=O) groups excluding carboxylic acids is 1. The van der Waals surface area contributed by atoms with Crippen LogP contribution in [0.25, 0.3) is 5.65 Å². The van der Waals surface area contributed by atoms with Crippen molar-refractivity contribution in [1.29, 1.82) is 0 Å². The summed E-state index contributed by atoms with van der Waals surface area (Å²) < 4.78 is 1.91. The Bertz CT molecular complexity index is 666.